The highest BCUT2D eigenvalue weighted by Gasteiger charge is 2.48. The van der Waals surface area contributed by atoms with Crippen molar-refractivity contribution in [3.8, 4) is 11.5 Å². The second-order valence-electron chi connectivity index (χ2n) is 7.24. The van der Waals surface area contributed by atoms with Crippen molar-refractivity contribution >= 4 is 5.91 Å². The lowest BCUT2D eigenvalue weighted by atomic mass is 10.1. The number of ether oxygens (including phenoxy) is 2. The average Bonchev–Trinajstić information content (AvgIpc) is 3.45. The van der Waals surface area contributed by atoms with Gasteiger partial charge in [0.05, 0.1) is 25.4 Å². The van der Waals surface area contributed by atoms with E-state index in [1.54, 1.807) is 13.2 Å². The van der Waals surface area contributed by atoms with Crippen molar-refractivity contribution in [3.05, 3.63) is 42.6 Å². The van der Waals surface area contributed by atoms with Gasteiger partial charge in [-0.25, -0.2) is 4.98 Å². The van der Waals surface area contributed by atoms with Crippen LogP contribution in [0, 0.1) is 0 Å². The maximum atomic E-state index is 12.5. The number of likely N-dealkylation sites (tertiary alicyclic amines) is 1. The Bertz CT molecular complexity index is 791. The summed E-state index contributed by atoms with van der Waals surface area (Å²) in [6, 6.07) is 6.85. The third-order valence-corrected chi connectivity index (χ3v) is 5.49. The summed E-state index contributed by atoms with van der Waals surface area (Å²) in [6.45, 7) is 1.81. The van der Waals surface area contributed by atoms with Crippen LogP contribution in [0.4, 0.5) is 0 Å². The van der Waals surface area contributed by atoms with Gasteiger partial charge in [-0.1, -0.05) is 6.07 Å². The molecule has 1 saturated heterocycles. The molecule has 1 aromatic carbocycles. The molecule has 8 heteroatoms. The molecule has 2 aromatic rings. The Balaban J connectivity index is 1.51. The van der Waals surface area contributed by atoms with E-state index < -0.39 is 12.2 Å². The SMILES string of the molecule is COc1cccc(O[C@@H]2C[C@@H](NC(=O)c3cnco3)[C@H](N3CCCC3)[C@H]2O)c1. The normalized spacial score (nSPS) is 27.6. The maximum Gasteiger partial charge on any atom is 0.288 e. The number of oxazole rings is 1. The summed E-state index contributed by atoms with van der Waals surface area (Å²) in [5, 5.41) is 14.0. The Labute approximate surface area is 163 Å². The van der Waals surface area contributed by atoms with Crippen molar-refractivity contribution in [1.82, 2.24) is 15.2 Å². The predicted octanol–water partition coefficient (Wildman–Crippen LogP) is 1.46. The fraction of sp³-hybridized carbons (Fsp3) is 0.500. The summed E-state index contributed by atoms with van der Waals surface area (Å²) in [7, 11) is 1.60. The van der Waals surface area contributed by atoms with Crippen LogP contribution >= 0.6 is 0 Å². The van der Waals surface area contributed by atoms with Crippen LogP contribution in [0.25, 0.3) is 0 Å². The predicted molar refractivity (Wildman–Crippen MR) is 100 cm³/mol. The van der Waals surface area contributed by atoms with Gasteiger partial charge in [-0.2, -0.15) is 0 Å². The molecule has 4 atom stereocenters. The van der Waals surface area contributed by atoms with Crippen molar-refractivity contribution in [1.29, 1.82) is 0 Å². The molecule has 1 aliphatic heterocycles. The molecule has 8 nitrogen and oxygen atoms in total. The number of hydrogen-bond donors (Lipinski definition) is 2. The van der Waals surface area contributed by atoms with Crippen molar-refractivity contribution in [2.24, 2.45) is 0 Å². The number of benzene rings is 1. The Morgan fingerprint density at radius 3 is 2.82 bits per heavy atom. The second-order valence-corrected chi connectivity index (χ2v) is 7.24. The monoisotopic (exact) mass is 387 g/mol. The molecule has 28 heavy (non-hydrogen) atoms. The Kier molecular flexibility index (Phi) is 5.50. The van der Waals surface area contributed by atoms with E-state index in [4.69, 9.17) is 13.9 Å². The first-order valence-electron chi connectivity index (χ1n) is 9.58. The molecule has 2 heterocycles. The number of carbonyl (C=O) groups excluding carboxylic acids is 1. The van der Waals surface area contributed by atoms with E-state index in [9.17, 15) is 9.90 Å². The zero-order chi connectivity index (χ0) is 19.5. The lowest BCUT2D eigenvalue weighted by Gasteiger charge is -2.31. The van der Waals surface area contributed by atoms with E-state index in [1.165, 1.54) is 12.6 Å². The molecular formula is C20H25N3O5. The Hall–Kier alpha value is -2.58. The number of rotatable bonds is 6. The first-order chi connectivity index (χ1) is 13.7. The van der Waals surface area contributed by atoms with Crippen LogP contribution in [0.15, 0.2) is 41.3 Å². The number of carbonyl (C=O) groups is 1. The van der Waals surface area contributed by atoms with Crippen LogP contribution in [0.1, 0.15) is 29.8 Å². The van der Waals surface area contributed by atoms with E-state index in [0.717, 1.165) is 25.9 Å². The molecule has 1 aliphatic carbocycles. The molecular weight excluding hydrogens is 362 g/mol. The summed E-state index contributed by atoms with van der Waals surface area (Å²) in [5.41, 5.74) is 0. The first-order valence-corrected chi connectivity index (χ1v) is 9.58. The van der Waals surface area contributed by atoms with Crippen LogP contribution in [0.2, 0.25) is 0 Å². The van der Waals surface area contributed by atoms with Gasteiger partial charge >= 0.3 is 0 Å². The summed E-state index contributed by atoms with van der Waals surface area (Å²) < 4.78 is 16.4. The fourth-order valence-corrected chi connectivity index (χ4v) is 4.18. The summed E-state index contributed by atoms with van der Waals surface area (Å²) >= 11 is 0. The number of aliphatic hydroxyl groups excluding tert-OH is 1. The van der Waals surface area contributed by atoms with E-state index in [1.807, 2.05) is 18.2 Å². The number of amides is 1. The van der Waals surface area contributed by atoms with Crippen molar-refractivity contribution < 1.29 is 23.8 Å². The molecule has 2 aliphatic rings. The molecule has 0 radical (unpaired) electrons. The number of aliphatic hydroxyl groups is 1. The van der Waals surface area contributed by atoms with Crippen LogP contribution in [-0.2, 0) is 0 Å². The molecule has 1 amide bonds. The third kappa shape index (κ3) is 3.83. The van der Waals surface area contributed by atoms with E-state index >= 15 is 0 Å². The molecule has 0 bridgehead atoms. The molecule has 2 fully saturated rings. The van der Waals surface area contributed by atoms with Gasteiger partial charge in [0.15, 0.2) is 6.39 Å². The Morgan fingerprint density at radius 1 is 1.32 bits per heavy atom. The molecule has 1 saturated carbocycles. The maximum absolute atomic E-state index is 12.5. The number of nitrogens with one attached hydrogen (secondary N) is 1. The van der Waals surface area contributed by atoms with Crippen LogP contribution in [0.5, 0.6) is 11.5 Å². The average molecular weight is 387 g/mol. The summed E-state index contributed by atoms with van der Waals surface area (Å²) in [4.78, 5) is 18.5. The first kappa shape index (κ1) is 18.8. The van der Waals surface area contributed by atoms with Gasteiger partial charge in [0.1, 0.15) is 23.7 Å². The molecule has 1 aromatic heterocycles. The highest BCUT2D eigenvalue weighted by atomic mass is 16.5. The van der Waals surface area contributed by atoms with Gasteiger partial charge in [0, 0.05) is 12.5 Å². The molecule has 0 spiro atoms. The third-order valence-electron chi connectivity index (χ3n) is 5.49. The largest absolute Gasteiger partial charge is 0.497 e. The Morgan fingerprint density at radius 2 is 2.11 bits per heavy atom. The van der Waals surface area contributed by atoms with Gasteiger partial charge < -0.3 is 24.3 Å². The molecule has 4 rings (SSSR count). The minimum absolute atomic E-state index is 0.159. The number of nitrogens with zero attached hydrogens (tertiary/aromatic N) is 2. The standard InChI is InChI=1S/C20H25N3O5/c1-26-13-5-4-6-14(9-13)28-16-10-15(22-20(25)17-11-21-12-27-17)18(19(16)24)23-7-2-3-8-23/h4-6,9,11-12,15-16,18-19,24H,2-3,7-8,10H2,1H3,(H,22,25)/t15-,16-,18+,19+/m1/s1. The molecule has 150 valence electrons. The summed E-state index contributed by atoms with van der Waals surface area (Å²) in [6.07, 6.45) is 4.14. The highest BCUT2D eigenvalue weighted by molar-refractivity contribution is 5.91. The minimum atomic E-state index is -0.718. The lowest BCUT2D eigenvalue weighted by molar-refractivity contribution is 0.0138. The number of methoxy groups -OCH3 is 1. The second kappa shape index (κ2) is 8.20. The van der Waals surface area contributed by atoms with Crippen LogP contribution in [0.3, 0.4) is 0 Å². The van der Waals surface area contributed by atoms with Gasteiger partial charge in [0.25, 0.3) is 5.91 Å². The van der Waals surface area contributed by atoms with Crippen molar-refractivity contribution in [2.75, 3.05) is 20.2 Å². The van der Waals surface area contributed by atoms with Gasteiger partial charge in [-0.05, 0) is 38.1 Å². The zero-order valence-corrected chi connectivity index (χ0v) is 15.8. The van der Waals surface area contributed by atoms with Crippen molar-refractivity contribution in [3.63, 3.8) is 0 Å². The topological polar surface area (TPSA) is 97.1 Å². The minimum Gasteiger partial charge on any atom is -0.497 e. The van der Waals surface area contributed by atoms with Gasteiger partial charge in [0.2, 0.25) is 5.76 Å². The van der Waals surface area contributed by atoms with E-state index in [-0.39, 0.29) is 23.8 Å². The van der Waals surface area contributed by atoms with Gasteiger partial charge in [-0.15, -0.1) is 0 Å². The molecule has 0 unspecified atom stereocenters. The fourth-order valence-electron chi connectivity index (χ4n) is 4.18. The van der Waals surface area contributed by atoms with Crippen molar-refractivity contribution in [2.45, 2.75) is 43.6 Å². The molecule has 2 N–H and O–H groups in total. The van der Waals surface area contributed by atoms with E-state index in [2.05, 4.69) is 15.2 Å². The number of aromatic nitrogens is 1. The van der Waals surface area contributed by atoms with Gasteiger partial charge in [-0.3, -0.25) is 9.69 Å². The van der Waals surface area contributed by atoms with E-state index in [0.29, 0.717) is 17.9 Å². The smallest absolute Gasteiger partial charge is 0.288 e. The highest BCUT2D eigenvalue weighted by Crippen LogP contribution is 2.32. The van der Waals surface area contributed by atoms with Crippen LogP contribution in [-0.4, -0.2) is 65.4 Å². The summed E-state index contributed by atoms with van der Waals surface area (Å²) in [5.74, 6) is 1.15. The zero-order valence-electron chi connectivity index (χ0n) is 15.8. The quantitative estimate of drug-likeness (QED) is 0.774. The van der Waals surface area contributed by atoms with Crippen LogP contribution < -0.4 is 14.8 Å². The number of hydrogen-bond acceptors (Lipinski definition) is 7. The lowest BCUT2D eigenvalue weighted by Crippen LogP contribution is -2.52.